The van der Waals surface area contributed by atoms with Crippen LogP contribution in [0.5, 0.6) is 0 Å². The van der Waals surface area contributed by atoms with Crippen LogP contribution in [0, 0.1) is 0 Å². The fourth-order valence-corrected chi connectivity index (χ4v) is 0.901. The van der Waals surface area contributed by atoms with Crippen LogP contribution in [0.4, 0.5) is 0 Å². The standard InChI is InChI=1S/C4H11NO6S/c5-3(12(9,10)11)1-2-4(6,7)8/h3,6-8H,1-2,5H2,(H,9,10,11). The van der Waals surface area contributed by atoms with E-state index in [9.17, 15) is 8.42 Å². The van der Waals surface area contributed by atoms with Crippen molar-refractivity contribution in [2.24, 2.45) is 5.73 Å². The first-order valence-corrected chi connectivity index (χ1v) is 4.52. The van der Waals surface area contributed by atoms with Gasteiger partial charge in [-0.2, -0.15) is 8.42 Å². The van der Waals surface area contributed by atoms with E-state index < -0.39 is 34.3 Å². The van der Waals surface area contributed by atoms with Crippen LogP contribution >= 0.6 is 0 Å². The maximum atomic E-state index is 10.2. The number of hydrogen-bond acceptors (Lipinski definition) is 6. The van der Waals surface area contributed by atoms with E-state index in [2.05, 4.69) is 0 Å². The zero-order valence-electron chi connectivity index (χ0n) is 6.08. The Labute approximate surface area is 69.2 Å². The predicted octanol–water partition coefficient (Wildman–Crippen LogP) is -2.43. The topological polar surface area (TPSA) is 141 Å². The molecule has 0 aliphatic carbocycles. The molecule has 0 amide bonds. The molecule has 0 saturated carbocycles. The van der Waals surface area contributed by atoms with E-state index in [0.29, 0.717) is 0 Å². The summed E-state index contributed by atoms with van der Waals surface area (Å²) in [5, 5.41) is 23.3. The second-order valence-electron chi connectivity index (χ2n) is 2.37. The molecule has 1 unspecified atom stereocenters. The van der Waals surface area contributed by atoms with E-state index in [1.165, 1.54) is 0 Å². The third kappa shape index (κ3) is 5.41. The van der Waals surface area contributed by atoms with E-state index in [4.69, 9.17) is 25.6 Å². The van der Waals surface area contributed by atoms with Crippen LogP contribution in [0.1, 0.15) is 12.8 Å². The second-order valence-corrected chi connectivity index (χ2v) is 4.00. The highest BCUT2D eigenvalue weighted by Crippen LogP contribution is 2.08. The van der Waals surface area contributed by atoms with Gasteiger partial charge in [0.1, 0.15) is 5.37 Å². The summed E-state index contributed by atoms with van der Waals surface area (Å²) in [5.41, 5.74) is 4.89. The van der Waals surface area contributed by atoms with Crippen molar-refractivity contribution in [1.82, 2.24) is 0 Å². The number of aliphatic hydroxyl groups is 3. The first kappa shape index (κ1) is 11.8. The average molecular weight is 201 g/mol. The second kappa shape index (κ2) is 3.64. The van der Waals surface area contributed by atoms with Gasteiger partial charge in [-0.25, -0.2) is 0 Å². The zero-order chi connectivity index (χ0) is 9.99. The van der Waals surface area contributed by atoms with Crippen molar-refractivity contribution in [3.8, 4) is 0 Å². The minimum atomic E-state index is -4.38. The van der Waals surface area contributed by atoms with Crippen LogP contribution in [0.2, 0.25) is 0 Å². The molecule has 1 atom stereocenters. The zero-order valence-corrected chi connectivity index (χ0v) is 6.90. The molecule has 0 rings (SSSR count). The van der Waals surface area contributed by atoms with Crippen LogP contribution in [-0.4, -0.2) is 39.6 Å². The normalized spacial score (nSPS) is 16.1. The van der Waals surface area contributed by atoms with Gasteiger partial charge in [0.25, 0.3) is 16.1 Å². The summed E-state index contributed by atoms with van der Waals surface area (Å²) in [4.78, 5) is 0. The van der Waals surface area contributed by atoms with Crippen LogP contribution in [0.3, 0.4) is 0 Å². The van der Waals surface area contributed by atoms with Gasteiger partial charge in [-0.15, -0.1) is 0 Å². The molecule has 0 aliphatic rings. The molecule has 0 heterocycles. The van der Waals surface area contributed by atoms with Gasteiger partial charge in [0.15, 0.2) is 0 Å². The van der Waals surface area contributed by atoms with Gasteiger partial charge in [0, 0.05) is 6.42 Å². The molecule has 0 aromatic carbocycles. The summed E-state index contributed by atoms with van der Waals surface area (Å²) in [6.45, 7) is 0. The highest BCUT2D eigenvalue weighted by molar-refractivity contribution is 7.86. The molecule has 7 nitrogen and oxygen atoms in total. The lowest BCUT2D eigenvalue weighted by Crippen LogP contribution is -2.35. The summed E-state index contributed by atoms with van der Waals surface area (Å²) < 4.78 is 28.8. The first-order chi connectivity index (χ1) is 5.13. The Kier molecular flexibility index (Phi) is 3.57. The lowest BCUT2D eigenvalue weighted by Gasteiger charge is -2.15. The van der Waals surface area contributed by atoms with Gasteiger partial charge in [-0.05, 0) is 6.42 Å². The third-order valence-electron chi connectivity index (χ3n) is 1.15. The molecule has 0 bridgehead atoms. The first-order valence-electron chi connectivity index (χ1n) is 3.02. The Balaban J connectivity index is 3.98. The Morgan fingerprint density at radius 1 is 1.33 bits per heavy atom. The molecule has 8 heteroatoms. The quantitative estimate of drug-likeness (QED) is 0.251. The third-order valence-corrected chi connectivity index (χ3v) is 2.15. The maximum absolute atomic E-state index is 10.2. The predicted molar refractivity (Wildman–Crippen MR) is 38.1 cm³/mol. The Morgan fingerprint density at radius 2 is 1.75 bits per heavy atom. The van der Waals surface area contributed by atoms with Crippen molar-refractivity contribution in [2.75, 3.05) is 0 Å². The SMILES string of the molecule is NC(CCC(O)(O)O)S(=O)(=O)O. The molecule has 0 spiro atoms. The lowest BCUT2D eigenvalue weighted by molar-refractivity contribution is -0.314. The number of rotatable bonds is 4. The Bertz CT molecular complexity index is 228. The van der Waals surface area contributed by atoms with Crippen molar-refractivity contribution in [3.05, 3.63) is 0 Å². The van der Waals surface area contributed by atoms with Crippen LogP contribution in [0.25, 0.3) is 0 Å². The fourth-order valence-electron chi connectivity index (χ4n) is 0.485. The largest absolute Gasteiger partial charge is 0.344 e. The summed E-state index contributed by atoms with van der Waals surface area (Å²) in [6, 6.07) is 0. The monoisotopic (exact) mass is 201 g/mol. The van der Waals surface area contributed by atoms with Crippen molar-refractivity contribution in [3.63, 3.8) is 0 Å². The minimum Gasteiger partial charge on any atom is -0.344 e. The van der Waals surface area contributed by atoms with E-state index in [1.807, 2.05) is 0 Å². The summed E-state index contributed by atoms with van der Waals surface area (Å²) in [7, 11) is -4.38. The smallest absolute Gasteiger partial charge is 0.280 e. The molecule has 0 aliphatic heterocycles. The molecule has 0 aromatic heterocycles. The summed E-state index contributed by atoms with van der Waals surface area (Å²) in [6.07, 6.45) is -1.11. The Hall–Kier alpha value is -0.250. The van der Waals surface area contributed by atoms with Crippen LogP contribution in [-0.2, 0) is 10.1 Å². The number of hydrogen-bond donors (Lipinski definition) is 5. The summed E-state index contributed by atoms with van der Waals surface area (Å²) in [5.74, 6) is -2.96. The van der Waals surface area contributed by atoms with Crippen LogP contribution < -0.4 is 5.73 Å². The molecule has 0 fully saturated rings. The molecular formula is C4H11NO6S. The van der Waals surface area contributed by atoms with Gasteiger partial charge in [0.05, 0.1) is 0 Å². The minimum absolute atomic E-state index is 0.456. The molecule has 74 valence electrons. The lowest BCUT2D eigenvalue weighted by atomic mass is 10.3. The Morgan fingerprint density at radius 3 is 2.00 bits per heavy atom. The van der Waals surface area contributed by atoms with Gasteiger partial charge in [0.2, 0.25) is 0 Å². The van der Waals surface area contributed by atoms with Crippen molar-refractivity contribution in [1.29, 1.82) is 0 Å². The highest BCUT2D eigenvalue weighted by atomic mass is 32.2. The molecule has 0 radical (unpaired) electrons. The maximum Gasteiger partial charge on any atom is 0.280 e. The molecule has 12 heavy (non-hydrogen) atoms. The number of nitrogens with two attached hydrogens (primary N) is 1. The van der Waals surface area contributed by atoms with E-state index >= 15 is 0 Å². The highest BCUT2D eigenvalue weighted by Gasteiger charge is 2.24. The van der Waals surface area contributed by atoms with E-state index in [-0.39, 0.29) is 0 Å². The molecule has 6 N–H and O–H groups in total. The van der Waals surface area contributed by atoms with Gasteiger partial charge < -0.3 is 21.1 Å². The van der Waals surface area contributed by atoms with Gasteiger partial charge >= 0.3 is 0 Å². The molecular weight excluding hydrogens is 190 g/mol. The molecule has 0 aromatic rings. The molecule has 0 saturated heterocycles. The summed E-state index contributed by atoms with van der Waals surface area (Å²) >= 11 is 0. The van der Waals surface area contributed by atoms with Gasteiger partial charge in [-0.3, -0.25) is 4.55 Å². The fraction of sp³-hybridized carbons (Fsp3) is 1.00. The van der Waals surface area contributed by atoms with Gasteiger partial charge in [-0.1, -0.05) is 0 Å². The average Bonchev–Trinajstić information content (AvgIpc) is 1.78. The van der Waals surface area contributed by atoms with Crippen molar-refractivity contribution >= 4 is 10.1 Å². The van der Waals surface area contributed by atoms with E-state index in [0.717, 1.165) is 0 Å². The van der Waals surface area contributed by atoms with Crippen molar-refractivity contribution in [2.45, 2.75) is 24.2 Å². The van der Waals surface area contributed by atoms with Crippen molar-refractivity contribution < 1.29 is 28.3 Å². The van der Waals surface area contributed by atoms with E-state index in [1.54, 1.807) is 0 Å². The van der Waals surface area contributed by atoms with Crippen LogP contribution in [0.15, 0.2) is 0 Å².